The van der Waals surface area contributed by atoms with Crippen LogP contribution in [0.3, 0.4) is 0 Å². The van der Waals surface area contributed by atoms with E-state index in [-0.39, 0.29) is 11.9 Å². The van der Waals surface area contributed by atoms with Crippen LogP contribution in [0.15, 0.2) is 24.3 Å². The summed E-state index contributed by atoms with van der Waals surface area (Å²) in [5.74, 6) is 2.77. The first-order valence-corrected chi connectivity index (χ1v) is 6.75. The van der Waals surface area contributed by atoms with Gasteiger partial charge in [0.15, 0.2) is 0 Å². The van der Waals surface area contributed by atoms with Crippen LogP contribution in [-0.2, 0) is 0 Å². The van der Waals surface area contributed by atoms with Crippen molar-refractivity contribution in [2.45, 2.75) is 12.5 Å². The quantitative estimate of drug-likeness (QED) is 0.848. The maximum absolute atomic E-state index is 13.0. The van der Waals surface area contributed by atoms with E-state index < -0.39 is 0 Å². The Morgan fingerprint density at radius 2 is 2.44 bits per heavy atom. The van der Waals surface area contributed by atoms with Crippen LogP contribution >= 0.6 is 11.8 Å². The Kier molecular flexibility index (Phi) is 4.07. The largest absolute Gasteiger partial charge is 0.381 e. The summed E-state index contributed by atoms with van der Waals surface area (Å²) in [7, 11) is 0. The molecule has 1 aliphatic heterocycles. The Bertz CT molecular complexity index is 340. The maximum Gasteiger partial charge on any atom is 0.125 e. The normalized spacial score (nSPS) is 22.0. The minimum Gasteiger partial charge on any atom is -0.381 e. The van der Waals surface area contributed by atoms with E-state index >= 15 is 0 Å². The molecule has 0 aromatic heterocycles. The van der Waals surface area contributed by atoms with Gasteiger partial charge in [-0.3, -0.25) is 0 Å². The van der Waals surface area contributed by atoms with Crippen LogP contribution in [-0.4, -0.2) is 24.1 Å². The molecule has 1 aromatic rings. The summed E-state index contributed by atoms with van der Waals surface area (Å²) in [6.45, 7) is 0.599. The van der Waals surface area contributed by atoms with E-state index in [2.05, 4.69) is 5.32 Å². The van der Waals surface area contributed by atoms with E-state index in [1.165, 1.54) is 24.3 Å². The number of hydrogen-bond acceptors (Lipinski definition) is 3. The molecule has 3 N–H and O–H groups in total. The first-order valence-electron chi connectivity index (χ1n) is 5.59. The van der Waals surface area contributed by atoms with Crippen molar-refractivity contribution < 1.29 is 4.39 Å². The topological polar surface area (TPSA) is 38.0 Å². The molecule has 0 radical (unpaired) electrons. The molecular weight excluding hydrogens is 223 g/mol. The molecule has 1 aromatic carbocycles. The molecule has 0 saturated carbocycles. The van der Waals surface area contributed by atoms with Gasteiger partial charge in [-0.15, -0.1) is 0 Å². The number of halogens is 1. The Hall–Kier alpha value is -0.740. The highest BCUT2D eigenvalue weighted by Gasteiger charge is 2.24. The van der Waals surface area contributed by atoms with Crippen molar-refractivity contribution >= 4 is 17.4 Å². The van der Waals surface area contributed by atoms with Gasteiger partial charge >= 0.3 is 0 Å². The summed E-state index contributed by atoms with van der Waals surface area (Å²) in [5.41, 5.74) is 6.60. The van der Waals surface area contributed by atoms with Gasteiger partial charge in [-0.25, -0.2) is 4.39 Å². The smallest absolute Gasteiger partial charge is 0.125 e. The molecule has 16 heavy (non-hydrogen) atoms. The Morgan fingerprint density at radius 3 is 3.06 bits per heavy atom. The number of nitrogens with one attached hydrogen (secondary N) is 1. The van der Waals surface area contributed by atoms with E-state index in [9.17, 15) is 4.39 Å². The van der Waals surface area contributed by atoms with Crippen LogP contribution in [0.5, 0.6) is 0 Å². The number of nitrogens with two attached hydrogens (primary N) is 1. The minimum atomic E-state index is -0.207. The van der Waals surface area contributed by atoms with Crippen molar-refractivity contribution in [3.63, 3.8) is 0 Å². The molecule has 88 valence electrons. The molecule has 0 amide bonds. The molecular formula is C12H17FN2S. The van der Waals surface area contributed by atoms with Gasteiger partial charge in [0.1, 0.15) is 5.82 Å². The van der Waals surface area contributed by atoms with Crippen LogP contribution in [0.1, 0.15) is 6.42 Å². The zero-order chi connectivity index (χ0) is 11.4. The van der Waals surface area contributed by atoms with Crippen LogP contribution in [0.4, 0.5) is 10.1 Å². The monoisotopic (exact) mass is 240 g/mol. The molecule has 1 aliphatic rings. The van der Waals surface area contributed by atoms with Gasteiger partial charge < -0.3 is 11.1 Å². The van der Waals surface area contributed by atoms with Crippen molar-refractivity contribution in [1.29, 1.82) is 0 Å². The van der Waals surface area contributed by atoms with E-state index in [0.29, 0.717) is 12.5 Å². The highest BCUT2D eigenvalue weighted by Crippen LogP contribution is 2.27. The van der Waals surface area contributed by atoms with Crippen molar-refractivity contribution in [3.8, 4) is 0 Å². The molecule has 2 atom stereocenters. The number of anilines is 1. The third kappa shape index (κ3) is 2.89. The van der Waals surface area contributed by atoms with Gasteiger partial charge in [0.05, 0.1) is 0 Å². The lowest BCUT2D eigenvalue weighted by Crippen LogP contribution is -2.36. The molecule has 0 bridgehead atoms. The van der Waals surface area contributed by atoms with Gasteiger partial charge in [-0.1, -0.05) is 6.07 Å². The van der Waals surface area contributed by atoms with Crippen LogP contribution < -0.4 is 11.1 Å². The molecule has 0 aliphatic carbocycles. The summed E-state index contributed by atoms with van der Waals surface area (Å²) < 4.78 is 13.0. The molecule has 0 spiro atoms. The second-order valence-corrected chi connectivity index (χ2v) is 5.27. The average Bonchev–Trinajstić information content (AvgIpc) is 2.79. The Balaban J connectivity index is 2.00. The van der Waals surface area contributed by atoms with E-state index in [4.69, 9.17) is 5.73 Å². The zero-order valence-electron chi connectivity index (χ0n) is 9.16. The molecule has 2 rings (SSSR count). The summed E-state index contributed by atoms with van der Waals surface area (Å²) in [6.07, 6.45) is 1.20. The fourth-order valence-electron chi connectivity index (χ4n) is 2.03. The van der Waals surface area contributed by atoms with Crippen molar-refractivity contribution in [2.24, 2.45) is 11.7 Å². The molecule has 1 fully saturated rings. The summed E-state index contributed by atoms with van der Waals surface area (Å²) >= 11 is 1.97. The summed E-state index contributed by atoms with van der Waals surface area (Å²) in [4.78, 5) is 0. The lowest BCUT2D eigenvalue weighted by molar-refractivity contribution is 0.499. The average molecular weight is 240 g/mol. The van der Waals surface area contributed by atoms with Gasteiger partial charge in [0, 0.05) is 18.3 Å². The van der Waals surface area contributed by atoms with E-state index in [1.807, 2.05) is 17.8 Å². The molecule has 1 heterocycles. The maximum atomic E-state index is 13.0. The van der Waals surface area contributed by atoms with Crippen molar-refractivity contribution in [1.82, 2.24) is 0 Å². The number of thioether (sulfide) groups is 1. The van der Waals surface area contributed by atoms with E-state index in [0.717, 1.165) is 11.4 Å². The van der Waals surface area contributed by atoms with Crippen molar-refractivity contribution in [2.75, 3.05) is 23.4 Å². The third-order valence-corrected chi connectivity index (χ3v) is 4.15. The van der Waals surface area contributed by atoms with Crippen LogP contribution in [0.25, 0.3) is 0 Å². The second-order valence-electron chi connectivity index (χ2n) is 4.12. The number of benzene rings is 1. The highest BCUT2D eigenvalue weighted by atomic mass is 32.2. The Labute approximate surface area is 99.8 Å². The zero-order valence-corrected chi connectivity index (χ0v) is 9.97. The van der Waals surface area contributed by atoms with Gasteiger partial charge in [0.25, 0.3) is 0 Å². The predicted octanol–water partition coefficient (Wildman–Crippen LogP) is 2.32. The van der Waals surface area contributed by atoms with Crippen molar-refractivity contribution in [3.05, 3.63) is 30.1 Å². The SMILES string of the molecule is NCC(Nc1cccc(F)c1)C1CCSC1. The third-order valence-electron chi connectivity index (χ3n) is 2.96. The lowest BCUT2D eigenvalue weighted by Gasteiger charge is -2.23. The van der Waals surface area contributed by atoms with Gasteiger partial charge in [-0.05, 0) is 42.0 Å². The molecule has 2 nitrogen and oxygen atoms in total. The fraction of sp³-hybridized carbons (Fsp3) is 0.500. The van der Waals surface area contributed by atoms with Crippen LogP contribution in [0.2, 0.25) is 0 Å². The molecule has 1 saturated heterocycles. The molecule has 4 heteroatoms. The van der Waals surface area contributed by atoms with Gasteiger partial charge in [0.2, 0.25) is 0 Å². The molecule has 2 unspecified atom stereocenters. The standard InChI is InChI=1S/C12H17FN2S/c13-10-2-1-3-11(6-10)15-12(7-14)9-4-5-16-8-9/h1-3,6,9,12,15H,4-5,7-8,14H2. The first kappa shape index (κ1) is 11.7. The van der Waals surface area contributed by atoms with Crippen LogP contribution in [0, 0.1) is 11.7 Å². The first-order chi connectivity index (χ1) is 7.79. The fourth-order valence-corrected chi connectivity index (χ4v) is 3.37. The van der Waals surface area contributed by atoms with E-state index in [1.54, 1.807) is 6.07 Å². The Morgan fingerprint density at radius 1 is 1.56 bits per heavy atom. The lowest BCUT2D eigenvalue weighted by atomic mass is 9.99. The summed E-state index contributed by atoms with van der Waals surface area (Å²) in [6, 6.07) is 6.83. The number of hydrogen-bond donors (Lipinski definition) is 2. The van der Waals surface area contributed by atoms with Gasteiger partial charge in [-0.2, -0.15) is 11.8 Å². The predicted molar refractivity (Wildman–Crippen MR) is 68.3 cm³/mol. The highest BCUT2D eigenvalue weighted by molar-refractivity contribution is 7.99. The minimum absolute atomic E-state index is 0.207. The second kappa shape index (κ2) is 5.55. The number of rotatable bonds is 4. The summed E-state index contributed by atoms with van der Waals surface area (Å²) in [5, 5.41) is 3.33.